The Balaban J connectivity index is 0.000000238. The van der Waals surface area contributed by atoms with Gasteiger partial charge in [-0.3, -0.25) is 9.97 Å². The van der Waals surface area contributed by atoms with E-state index in [4.69, 9.17) is 9.97 Å². The summed E-state index contributed by atoms with van der Waals surface area (Å²) in [6.07, 6.45) is 46.9. The predicted octanol–water partition coefficient (Wildman–Crippen LogP) is 18.8. The van der Waals surface area contributed by atoms with Gasteiger partial charge in [-0.05, 0) is 109 Å². The standard InChI is InChI=1S/C31H47N.C30H45N/c1-3-5-7-8-10-12-27-19-22-30(23-20-27)31-24-21-29(25-32-31)18-17-28-15-13-26(14-16-28)11-9-6-4-2;1-3-5-7-9-11-26-18-21-29(22-19-26)30-23-20-28(24-31-30)17-16-27-14-12-25(13-15-27)10-8-6-4-2/h19-26,28H,3-18H2,1-2H3;18-25,27H,3-17H2,1-2H3. The molecule has 2 fully saturated rings. The number of hydrogen-bond acceptors (Lipinski definition) is 2. The van der Waals surface area contributed by atoms with E-state index in [1.807, 2.05) is 0 Å². The maximum absolute atomic E-state index is 4.79. The maximum Gasteiger partial charge on any atom is 0.0702 e. The normalized spacial score (nSPS) is 18.8. The van der Waals surface area contributed by atoms with Crippen LogP contribution in [0.5, 0.6) is 0 Å². The van der Waals surface area contributed by atoms with Gasteiger partial charge in [0.05, 0.1) is 11.4 Å². The highest BCUT2D eigenvalue weighted by Crippen LogP contribution is 2.36. The molecule has 0 unspecified atom stereocenters. The number of aryl methyl sites for hydroxylation is 4. The summed E-state index contributed by atoms with van der Waals surface area (Å²) in [6.45, 7) is 9.17. The first-order valence-corrected chi connectivity index (χ1v) is 27.1. The Morgan fingerprint density at radius 1 is 0.317 bits per heavy atom. The van der Waals surface area contributed by atoms with E-state index in [1.54, 1.807) is 0 Å². The summed E-state index contributed by atoms with van der Waals surface area (Å²) in [4.78, 5) is 9.57. The first kappa shape index (κ1) is 50.7. The Labute approximate surface area is 388 Å². The zero-order valence-corrected chi connectivity index (χ0v) is 41.2. The average molecular weight is 853 g/mol. The van der Waals surface area contributed by atoms with Crippen molar-refractivity contribution in [3.8, 4) is 22.5 Å². The second-order valence-electron chi connectivity index (χ2n) is 20.3. The number of rotatable bonds is 27. The number of benzene rings is 2. The Kier molecular flexibility index (Phi) is 24.8. The molecule has 0 atom stereocenters. The van der Waals surface area contributed by atoms with Crippen LogP contribution in [0.2, 0.25) is 0 Å². The van der Waals surface area contributed by atoms with Crippen molar-refractivity contribution in [1.82, 2.24) is 9.97 Å². The average Bonchev–Trinajstić information content (AvgIpc) is 3.33. The van der Waals surface area contributed by atoms with Gasteiger partial charge in [0, 0.05) is 23.5 Å². The van der Waals surface area contributed by atoms with Gasteiger partial charge in [-0.25, -0.2) is 0 Å². The molecule has 2 aliphatic carbocycles. The summed E-state index contributed by atoms with van der Waals surface area (Å²) in [5, 5.41) is 0. The van der Waals surface area contributed by atoms with Gasteiger partial charge >= 0.3 is 0 Å². The fourth-order valence-electron chi connectivity index (χ4n) is 10.6. The lowest BCUT2D eigenvalue weighted by molar-refractivity contribution is 0.249. The van der Waals surface area contributed by atoms with Crippen LogP contribution in [0.4, 0.5) is 0 Å². The molecule has 6 rings (SSSR count). The van der Waals surface area contributed by atoms with Crippen molar-refractivity contribution >= 4 is 0 Å². The van der Waals surface area contributed by atoms with Crippen molar-refractivity contribution in [3.05, 3.63) is 107 Å². The Bertz CT molecular complexity index is 1690. The Hall–Kier alpha value is -3.26. The van der Waals surface area contributed by atoms with Crippen molar-refractivity contribution in [2.24, 2.45) is 23.7 Å². The second-order valence-corrected chi connectivity index (χ2v) is 20.3. The van der Waals surface area contributed by atoms with Gasteiger partial charge in [0.2, 0.25) is 0 Å². The highest BCUT2D eigenvalue weighted by atomic mass is 14.7. The second kappa shape index (κ2) is 30.8. The maximum atomic E-state index is 4.79. The quantitative estimate of drug-likeness (QED) is 0.0559. The van der Waals surface area contributed by atoms with E-state index in [0.29, 0.717) is 0 Å². The zero-order valence-electron chi connectivity index (χ0n) is 41.2. The van der Waals surface area contributed by atoms with Gasteiger partial charge in [-0.15, -0.1) is 0 Å². The SMILES string of the molecule is CCCCCCCc1ccc(-c2ccc(CCC3CCC(CCCCC)CC3)cn2)cc1.CCCCCCc1ccc(-c2ccc(CCC3CCC(CCCCC)CC3)cn2)cc1. The summed E-state index contributed by atoms with van der Waals surface area (Å²) < 4.78 is 0. The van der Waals surface area contributed by atoms with Crippen LogP contribution in [0.15, 0.2) is 85.2 Å². The molecule has 2 saturated carbocycles. The van der Waals surface area contributed by atoms with E-state index in [-0.39, 0.29) is 0 Å². The molecule has 0 spiro atoms. The minimum Gasteiger partial charge on any atom is -0.256 e. The van der Waals surface area contributed by atoms with E-state index in [9.17, 15) is 0 Å². The van der Waals surface area contributed by atoms with Crippen LogP contribution in [0.3, 0.4) is 0 Å². The molecule has 2 nitrogen and oxygen atoms in total. The first-order valence-electron chi connectivity index (χ1n) is 27.1. The fourth-order valence-corrected chi connectivity index (χ4v) is 10.6. The van der Waals surface area contributed by atoms with Gasteiger partial charge < -0.3 is 0 Å². The van der Waals surface area contributed by atoms with Crippen LogP contribution in [-0.2, 0) is 25.7 Å². The van der Waals surface area contributed by atoms with Crippen molar-refractivity contribution in [3.63, 3.8) is 0 Å². The highest BCUT2D eigenvalue weighted by molar-refractivity contribution is 5.60. The minimum atomic E-state index is 0.937. The van der Waals surface area contributed by atoms with Crippen molar-refractivity contribution in [2.75, 3.05) is 0 Å². The number of unbranched alkanes of at least 4 members (excludes halogenated alkanes) is 11. The van der Waals surface area contributed by atoms with Crippen LogP contribution in [0, 0.1) is 23.7 Å². The molecule has 4 aromatic rings. The molecule has 0 amide bonds. The monoisotopic (exact) mass is 853 g/mol. The lowest BCUT2D eigenvalue weighted by Gasteiger charge is -2.28. The molecule has 2 heteroatoms. The molecule has 2 aromatic heterocycles. The molecule has 0 N–H and O–H groups in total. The third-order valence-corrected chi connectivity index (χ3v) is 15.1. The van der Waals surface area contributed by atoms with Crippen molar-refractivity contribution < 1.29 is 0 Å². The summed E-state index contributed by atoms with van der Waals surface area (Å²) in [7, 11) is 0. The molecule has 2 heterocycles. The van der Waals surface area contributed by atoms with Crippen LogP contribution >= 0.6 is 0 Å². The third-order valence-electron chi connectivity index (χ3n) is 15.1. The molecule has 0 aliphatic heterocycles. The van der Waals surface area contributed by atoms with Crippen molar-refractivity contribution in [2.45, 2.75) is 227 Å². The van der Waals surface area contributed by atoms with Gasteiger partial charge in [0.1, 0.15) is 0 Å². The Morgan fingerprint density at radius 3 is 0.984 bits per heavy atom. The lowest BCUT2D eigenvalue weighted by atomic mass is 9.78. The molecule has 63 heavy (non-hydrogen) atoms. The van der Waals surface area contributed by atoms with Gasteiger partial charge in [-0.1, -0.05) is 236 Å². The minimum absolute atomic E-state index is 0.937. The largest absolute Gasteiger partial charge is 0.256 e. The fraction of sp³-hybridized carbons (Fsp3) is 0.639. The smallest absolute Gasteiger partial charge is 0.0702 e. The molecule has 0 bridgehead atoms. The van der Waals surface area contributed by atoms with Crippen LogP contribution in [0.1, 0.15) is 223 Å². The van der Waals surface area contributed by atoms with Crippen molar-refractivity contribution in [1.29, 1.82) is 0 Å². The van der Waals surface area contributed by atoms with E-state index in [1.165, 1.54) is 232 Å². The number of pyridine rings is 2. The molecular weight excluding hydrogens is 761 g/mol. The molecule has 2 aromatic carbocycles. The van der Waals surface area contributed by atoms with Crippen LogP contribution < -0.4 is 0 Å². The van der Waals surface area contributed by atoms with E-state index in [2.05, 4.69) is 113 Å². The van der Waals surface area contributed by atoms with Gasteiger partial charge in [-0.2, -0.15) is 0 Å². The first-order chi connectivity index (χ1) is 31.1. The molecule has 346 valence electrons. The van der Waals surface area contributed by atoms with Gasteiger partial charge in [0.15, 0.2) is 0 Å². The molecule has 0 saturated heterocycles. The zero-order chi connectivity index (χ0) is 44.2. The summed E-state index contributed by atoms with van der Waals surface area (Å²) in [5.74, 6) is 3.91. The molecular formula is C61H92N2. The van der Waals surface area contributed by atoms with Crippen LogP contribution in [-0.4, -0.2) is 9.97 Å². The number of hydrogen-bond donors (Lipinski definition) is 0. The van der Waals surface area contributed by atoms with E-state index in [0.717, 1.165) is 35.1 Å². The highest BCUT2D eigenvalue weighted by Gasteiger charge is 2.22. The summed E-state index contributed by atoms with van der Waals surface area (Å²) in [5.41, 5.74) is 10.4. The lowest BCUT2D eigenvalue weighted by Crippen LogP contribution is -2.15. The number of aromatic nitrogens is 2. The van der Waals surface area contributed by atoms with Gasteiger partial charge in [0.25, 0.3) is 0 Å². The number of nitrogens with zero attached hydrogens (tertiary/aromatic N) is 2. The molecule has 2 aliphatic rings. The summed E-state index contributed by atoms with van der Waals surface area (Å²) >= 11 is 0. The third kappa shape index (κ3) is 19.8. The topological polar surface area (TPSA) is 25.8 Å². The van der Waals surface area contributed by atoms with Crippen LogP contribution in [0.25, 0.3) is 22.5 Å². The molecule has 0 radical (unpaired) electrons. The summed E-state index contributed by atoms with van der Waals surface area (Å²) in [6, 6.07) is 27.2. The van der Waals surface area contributed by atoms with E-state index >= 15 is 0 Å². The Morgan fingerprint density at radius 2 is 0.635 bits per heavy atom. The van der Waals surface area contributed by atoms with E-state index < -0.39 is 0 Å². The predicted molar refractivity (Wildman–Crippen MR) is 275 cm³/mol.